The summed E-state index contributed by atoms with van der Waals surface area (Å²) in [5, 5.41) is 4.19. The van der Waals surface area contributed by atoms with Crippen LogP contribution in [-0.4, -0.2) is 33.7 Å². The first-order valence-electron chi connectivity index (χ1n) is 6.03. The number of likely N-dealkylation sites (tertiary alicyclic amines) is 1. The van der Waals surface area contributed by atoms with Gasteiger partial charge in [-0.25, -0.2) is 0 Å². The molecule has 94 valence electrons. The minimum Gasteiger partial charge on any atom is -0.341 e. The van der Waals surface area contributed by atoms with Crippen molar-refractivity contribution in [3.05, 3.63) is 16.4 Å². The zero-order valence-electron chi connectivity index (χ0n) is 10.3. The predicted molar refractivity (Wildman–Crippen MR) is 69.6 cm³/mol. The first kappa shape index (κ1) is 12.6. The molecule has 0 unspecified atom stereocenters. The lowest BCUT2D eigenvalue weighted by atomic mass is 10.0. The molecular weight excluding hydrogens is 282 g/mol. The van der Waals surface area contributed by atoms with Crippen LogP contribution in [0, 0.1) is 12.8 Å². The molecule has 0 saturated carbocycles. The first-order valence-corrected chi connectivity index (χ1v) is 6.83. The molecule has 1 aromatic heterocycles. The molecule has 0 spiro atoms. The van der Waals surface area contributed by atoms with E-state index in [2.05, 4.69) is 28.0 Å². The van der Waals surface area contributed by atoms with Gasteiger partial charge in [-0.3, -0.25) is 9.48 Å². The topological polar surface area (TPSA) is 38.1 Å². The lowest BCUT2D eigenvalue weighted by molar-refractivity contribution is -0.133. The van der Waals surface area contributed by atoms with Crippen LogP contribution in [0.2, 0.25) is 0 Å². The Bertz CT molecular complexity index is 416. The molecule has 2 rings (SSSR count). The Kier molecular flexibility index (Phi) is 3.86. The molecule has 0 bridgehead atoms. The molecule has 1 aromatic rings. The SMILES string of the molecule is Cc1c(Br)cnn1CC(=O)N1CCC[C@@H](C)C1. The smallest absolute Gasteiger partial charge is 0.244 e. The van der Waals surface area contributed by atoms with E-state index >= 15 is 0 Å². The third kappa shape index (κ3) is 2.89. The number of rotatable bonds is 2. The maximum Gasteiger partial charge on any atom is 0.244 e. The first-order chi connectivity index (χ1) is 8.08. The number of hydrogen-bond donors (Lipinski definition) is 0. The second-order valence-electron chi connectivity index (χ2n) is 4.82. The molecule has 1 amide bonds. The van der Waals surface area contributed by atoms with Gasteiger partial charge in [-0.15, -0.1) is 0 Å². The Morgan fingerprint density at radius 1 is 1.65 bits per heavy atom. The van der Waals surface area contributed by atoms with Crippen LogP contribution in [0.25, 0.3) is 0 Å². The van der Waals surface area contributed by atoms with Crippen LogP contribution in [0.1, 0.15) is 25.5 Å². The molecule has 0 N–H and O–H groups in total. The van der Waals surface area contributed by atoms with E-state index in [9.17, 15) is 4.79 Å². The van der Waals surface area contributed by atoms with Crippen molar-refractivity contribution in [1.82, 2.24) is 14.7 Å². The number of amides is 1. The van der Waals surface area contributed by atoms with Gasteiger partial charge < -0.3 is 4.90 Å². The van der Waals surface area contributed by atoms with E-state index in [4.69, 9.17) is 0 Å². The van der Waals surface area contributed by atoms with E-state index in [1.165, 1.54) is 6.42 Å². The summed E-state index contributed by atoms with van der Waals surface area (Å²) in [5.41, 5.74) is 1.00. The second-order valence-corrected chi connectivity index (χ2v) is 5.68. The van der Waals surface area contributed by atoms with Gasteiger partial charge in [-0.1, -0.05) is 6.92 Å². The van der Waals surface area contributed by atoms with Gasteiger partial charge in [0.25, 0.3) is 0 Å². The molecule has 1 aliphatic rings. The van der Waals surface area contributed by atoms with Gasteiger partial charge in [0.1, 0.15) is 6.54 Å². The largest absolute Gasteiger partial charge is 0.341 e. The Hall–Kier alpha value is -0.840. The lowest BCUT2D eigenvalue weighted by Gasteiger charge is -2.31. The highest BCUT2D eigenvalue weighted by atomic mass is 79.9. The average Bonchev–Trinajstić information content (AvgIpc) is 2.61. The van der Waals surface area contributed by atoms with Crippen molar-refractivity contribution in [2.75, 3.05) is 13.1 Å². The number of carbonyl (C=O) groups is 1. The highest BCUT2D eigenvalue weighted by Gasteiger charge is 2.21. The van der Waals surface area contributed by atoms with Crippen molar-refractivity contribution < 1.29 is 4.79 Å². The summed E-state index contributed by atoms with van der Waals surface area (Å²) in [4.78, 5) is 14.1. The Morgan fingerprint density at radius 3 is 3.00 bits per heavy atom. The van der Waals surface area contributed by atoms with E-state index in [0.29, 0.717) is 12.5 Å². The number of aromatic nitrogens is 2. The van der Waals surface area contributed by atoms with Crippen LogP contribution in [0.4, 0.5) is 0 Å². The molecule has 2 heterocycles. The quantitative estimate of drug-likeness (QED) is 0.840. The molecule has 5 heteroatoms. The number of nitrogens with zero attached hydrogens (tertiary/aromatic N) is 3. The van der Waals surface area contributed by atoms with Gasteiger partial charge in [0.2, 0.25) is 5.91 Å². The van der Waals surface area contributed by atoms with Gasteiger partial charge in [0, 0.05) is 13.1 Å². The average molecular weight is 300 g/mol. The fourth-order valence-electron chi connectivity index (χ4n) is 2.23. The zero-order valence-corrected chi connectivity index (χ0v) is 11.9. The number of hydrogen-bond acceptors (Lipinski definition) is 2. The molecular formula is C12H18BrN3O. The van der Waals surface area contributed by atoms with Crippen molar-refractivity contribution in [3.63, 3.8) is 0 Å². The summed E-state index contributed by atoms with van der Waals surface area (Å²) in [6.45, 7) is 6.30. The molecule has 1 fully saturated rings. The summed E-state index contributed by atoms with van der Waals surface area (Å²) >= 11 is 3.40. The third-order valence-corrected chi connectivity index (χ3v) is 4.12. The number of piperidine rings is 1. The normalized spacial score (nSPS) is 20.6. The Balaban J connectivity index is 1.99. The van der Waals surface area contributed by atoms with E-state index in [-0.39, 0.29) is 5.91 Å². The molecule has 4 nitrogen and oxygen atoms in total. The van der Waals surface area contributed by atoms with Crippen LogP contribution in [0.5, 0.6) is 0 Å². The number of carbonyl (C=O) groups excluding carboxylic acids is 1. The van der Waals surface area contributed by atoms with E-state index in [1.807, 2.05) is 11.8 Å². The van der Waals surface area contributed by atoms with E-state index in [1.54, 1.807) is 10.9 Å². The fraction of sp³-hybridized carbons (Fsp3) is 0.667. The van der Waals surface area contributed by atoms with Crippen molar-refractivity contribution in [2.24, 2.45) is 5.92 Å². The second kappa shape index (κ2) is 5.21. The summed E-state index contributed by atoms with van der Waals surface area (Å²) < 4.78 is 2.71. The summed E-state index contributed by atoms with van der Waals surface area (Å²) in [5.74, 6) is 0.799. The molecule has 0 radical (unpaired) electrons. The summed E-state index contributed by atoms with van der Waals surface area (Å²) in [7, 11) is 0. The standard InChI is InChI=1S/C12H18BrN3O/c1-9-4-3-5-15(7-9)12(17)8-16-10(2)11(13)6-14-16/h6,9H,3-5,7-8H2,1-2H3/t9-/m1/s1. The lowest BCUT2D eigenvalue weighted by Crippen LogP contribution is -2.41. The minimum absolute atomic E-state index is 0.176. The minimum atomic E-state index is 0.176. The van der Waals surface area contributed by atoms with E-state index in [0.717, 1.165) is 29.7 Å². The van der Waals surface area contributed by atoms with Crippen LogP contribution >= 0.6 is 15.9 Å². The van der Waals surface area contributed by atoms with Crippen LogP contribution in [-0.2, 0) is 11.3 Å². The van der Waals surface area contributed by atoms with Gasteiger partial charge in [0.15, 0.2) is 0 Å². The van der Waals surface area contributed by atoms with E-state index < -0.39 is 0 Å². The molecule has 17 heavy (non-hydrogen) atoms. The summed E-state index contributed by atoms with van der Waals surface area (Å²) in [6, 6.07) is 0. The fourth-order valence-corrected chi connectivity index (χ4v) is 2.52. The maximum atomic E-state index is 12.1. The number of halogens is 1. The molecule has 1 atom stereocenters. The zero-order chi connectivity index (χ0) is 12.4. The Labute approximate surface area is 110 Å². The molecule has 1 saturated heterocycles. The third-order valence-electron chi connectivity index (χ3n) is 3.34. The van der Waals surface area contributed by atoms with Crippen LogP contribution < -0.4 is 0 Å². The van der Waals surface area contributed by atoms with Crippen molar-refractivity contribution in [3.8, 4) is 0 Å². The van der Waals surface area contributed by atoms with Gasteiger partial charge >= 0.3 is 0 Å². The van der Waals surface area contributed by atoms with Gasteiger partial charge in [0.05, 0.1) is 16.4 Å². The van der Waals surface area contributed by atoms with Crippen LogP contribution in [0.15, 0.2) is 10.7 Å². The van der Waals surface area contributed by atoms with Crippen molar-refractivity contribution in [2.45, 2.75) is 33.2 Å². The molecule has 1 aliphatic heterocycles. The highest BCUT2D eigenvalue weighted by Crippen LogP contribution is 2.17. The van der Waals surface area contributed by atoms with Crippen LogP contribution in [0.3, 0.4) is 0 Å². The predicted octanol–water partition coefficient (Wildman–Crippen LogP) is 2.21. The Morgan fingerprint density at radius 2 is 2.41 bits per heavy atom. The summed E-state index contributed by atoms with van der Waals surface area (Å²) in [6.07, 6.45) is 4.09. The van der Waals surface area contributed by atoms with Gasteiger partial charge in [-0.2, -0.15) is 5.10 Å². The maximum absolute atomic E-state index is 12.1. The highest BCUT2D eigenvalue weighted by molar-refractivity contribution is 9.10. The molecule has 0 aromatic carbocycles. The monoisotopic (exact) mass is 299 g/mol. The van der Waals surface area contributed by atoms with Crippen molar-refractivity contribution >= 4 is 21.8 Å². The molecule has 0 aliphatic carbocycles. The van der Waals surface area contributed by atoms with Crippen molar-refractivity contribution in [1.29, 1.82) is 0 Å². The van der Waals surface area contributed by atoms with Gasteiger partial charge in [-0.05, 0) is 41.6 Å².